The zero-order valence-corrected chi connectivity index (χ0v) is 10.3. The number of nitrogens with zero attached hydrogens (tertiary/aromatic N) is 3. The van der Waals surface area contributed by atoms with Crippen molar-refractivity contribution in [3.8, 4) is 6.07 Å². The van der Waals surface area contributed by atoms with Crippen LogP contribution in [-0.2, 0) is 6.54 Å². The molecule has 2 aromatic rings. The van der Waals surface area contributed by atoms with Crippen LogP contribution in [0.5, 0.6) is 0 Å². The van der Waals surface area contributed by atoms with E-state index in [0.29, 0.717) is 6.54 Å². The first-order valence-corrected chi connectivity index (χ1v) is 5.63. The third-order valence-corrected chi connectivity index (χ3v) is 2.66. The highest BCUT2D eigenvalue weighted by Crippen LogP contribution is 2.11. The minimum absolute atomic E-state index is 0.0683. The summed E-state index contributed by atoms with van der Waals surface area (Å²) in [6, 6.07) is 6.38. The average molecular weight is 327 g/mol. The van der Waals surface area contributed by atoms with Gasteiger partial charge in [0.25, 0.3) is 0 Å². The number of benzene rings is 1. The highest BCUT2D eigenvalue weighted by Gasteiger charge is 2.03. The molecule has 0 radical (unpaired) electrons. The molecular formula is C11H7FIN3. The third kappa shape index (κ3) is 2.39. The summed E-state index contributed by atoms with van der Waals surface area (Å²) in [5.74, 6) is -0.484. The summed E-state index contributed by atoms with van der Waals surface area (Å²) in [5, 5.41) is 12.7. The van der Waals surface area contributed by atoms with Crippen LogP contribution < -0.4 is 0 Å². The highest BCUT2D eigenvalue weighted by atomic mass is 127. The van der Waals surface area contributed by atoms with Gasteiger partial charge in [0.05, 0.1) is 21.9 Å². The van der Waals surface area contributed by atoms with Crippen LogP contribution in [0.1, 0.15) is 11.1 Å². The summed E-state index contributed by atoms with van der Waals surface area (Å²) in [7, 11) is 0. The van der Waals surface area contributed by atoms with Gasteiger partial charge in [-0.2, -0.15) is 10.4 Å². The fraction of sp³-hybridized carbons (Fsp3) is 0.0909. The number of hydrogen-bond donors (Lipinski definition) is 0. The predicted molar refractivity (Wildman–Crippen MR) is 65.2 cm³/mol. The molecule has 0 spiro atoms. The fourth-order valence-corrected chi connectivity index (χ4v) is 1.81. The molecule has 0 bridgehead atoms. The van der Waals surface area contributed by atoms with Gasteiger partial charge in [-0.1, -0.05) is 6.07 Å². The van der Waals surface area contributed by atoms with Crippen molar-refractivity contribution in [3.05, 3.63) is 51.1 Å². The number of rotatable bonds is 2. The first kappa shape index (κ1) is 11.1. The van der Waals surface area contributed by atoms with E-state index in [1.807, 2.05) is 6.20 Å². The van der Waals surface area contributed by atoms with Gasteiger partial charge in [-0.3, -0.25) is 4.68 Å². The molecule has 16 heavy (non-hydrogen) atoms. The van der Waals surface area contributed by atoms with Crippen molar-refractivity contribution in [1.29, 1.82) is 5.26 Å². The van der Waals surface area contributed by atoms with E-state index in [-0.39, 0.29) is 5.56 Å². The highest BCUT2D eigenvalue weighted by molar-refractivity contribution is 14.1. The van der Waals surface area contributed by atoms with Crippen LogP contribution in [-0.4, -0.2) is 9.78 Å². The molecule has 2 rings (SSSR count). The third-order valence-electron chi connectivity index (χ3n) is 2.10. The monoisotopic (exact) mass is 327 g/mol. The number of aromatic nitrogens is 2. The second-order valence-corrected chi connectivity index (χ2v) is 4.53. The normalized spacial score (nSPS) is 10.1. The van der Waals surface area contributed by atoms with Gasteiger partial charge >= 0.3 is 0 Å². The van der Waals surface area contributed by atoms with E-state index in [9.17, 15) is 4.39 Å². The van der Waals surface area contributed by atoms with Crippen LogP contribution in [0.25, 0.3) is 0 Å². The van der Waals surface area contributed by atoms with Gasteiger partial charge in [-0.25, -0.2) is 4.39 Å². The standard InChI is InChI=1S/C11H7FIN3/c12-11-3-8(1-2-9(11)4-14)6-16-7-10(13)5-15-16/h1-3,5,7H,6H2. The molecule has 0 N–H and O–H groups in total. The summed E-state index contributed by atoms with van der Waals surface area (Å²) >= 11 is 2.16. The van der Waals surface area contributed by atoms with Crippen LogP contribution in [0.2, 0.25) is 0 Å². The maximum Gasteiger partial charge on any atom is 0.141 e. The Labute approximate surface area is 106 Å². The number of nitriles is 1. The Bertz CT molecular complexity index is 557. The summed E-state index contributed by atoms with van der Waals surface area (Å²) in [6.45, 7) is 0.506. The van der Waals surface area contributed by atoms with Crippen molar-refractivity contribution in [3.63, 3.8) is 0 Å². The summed E-state index contributed by atoms with van der Waals surface area (Å²) in [5.41, 5.74) is 0.856. The van der Waals surface area contributed by atoms with E-state index >= 15 is 0 Å². The molecule has 0 unspecified atom stereocenters. The van der Waals surface area contributed by atoms with E-state index in [1.165, 1.54) is 12.1 Å². The van der Waals surface area contributed by atoms with E-state index in [4.69, 9.17) is 5.26 Å². The zero-order valence-electron chi connectivity index (χ0n) is 8.19. The molecule has 1 heterocycles. The SMILES string of the molecule is N#Cc1ccc(Cn2cc(I)cn2)cc1F. The largest absolute Gasteiger partial charge is 0.267 e. The second-order valence-electron chi connectivity index (χ2n) is 3.28. The Kier molecular flexibility index (Phi) is 3.19. The Morgan fingerprint density at radius 2 is 2.31 bits per heavy atom. The molecule has 0 aliphatic heterocycles. The average Bonchev–Trinajstić information content (AvgIpc) is 2.64. The molecule has 3 nitrogen and oxygen atoms in total. The van der Waals surface area contributed by atoms with Crippen molar-refractivity contribution in [1.82, 2.24) is 9.78 Å². The van der Waals surface area contributed by atoms with E-state index in [1.54, 1.807) is 23.0 Å². The zero-order chi connectivity index (χ0) is 11.5. The van der Waals surface area contributed by atoms with E-state index < -0.39 is 5.82 Å². The molecule has 0 amide bonds. The molecule has 80 valence electrons. The Hall–Kier alpha value is -1.42. The van der Waals surface area contributed by atoms with Crippen molar-refractivity contribution in [2.24, 2.45) is 0 Å². The lowest BCUT2D eigenvalue weighted by Gasteiger charge is -2.02. The van der Waals surface area contributed by atoms with Crippen molar-refractivity contribution < 1.29 is 4.39 Å². The van der Waals surface area contributed by atoms with Crippen molar-refractivity contribution in [2.45, 2.75) is 6.54 Å². The Morgan fingerprint density at radius 1 is 1.50 bits per heavy atom. The van der Waals surface area contributed by atoms with Gasteiger partial charge in [-0.15, -0.1) is 0 Å². The smallest absolute Gasteiger partial charge is 0.141 e. The van der Waals surface area contributed by atoms with Gasteiger partial charge in [-0.05, 0) is 40.3 Å². The lowest BCUT2D eigenvalue weighted by Crippen LogP contribution is -2.00. The molecule has 0 saturated heterocycles. The maximum atomic E-state index is 13.3. The van der Waals surface area contributed by atoms with Gasteiger partial charge < -0.3 is 0 Å². The van der Waals surface area contributed by atoms with Gasteiger partial charge in [0.15, 0.2) is 0 Å². The molecule has 1 aromatic carbocycles. The predicted octanol–water partition coefficient (Wildman–Crippen LogP) is 2.55. The molecule has 5 heteroatoms. The topological polar surface area (TPSA) is 41.6 Å². The van der Waals surface area contributed by atoms with Crippen LogP contribution in [0.15, 0.2) is 30.6 Å². The van der Waals surface area contributed by atoms with Crippen LogP contribution in [0.3, 0.4) is 0 Å². The second kappa shape index (κ2) is 4.61. The molecule has 0 fully saturated rings. The van der Waals surface area contributed by atoms with Crippen LogP contribution >= 0.6 is 22.6 Å². The minimum Gasteiger partial charge on any atom is -0.267 e. The van der Waals surface area contributed by atoms with Gasteiger partial charge in [0.1, 0.15) is 11.9 Å². The summed E-state index contributed by atoms with van der Waals surface area (Å²) in [4.78, 5) is 0. The molecule has 1 aromatic heterocycles. The van der Waals surface area contributed by atoms with E-state index in [2.05, 4.69) is 27.7 Å². The molecule has 0 aliphatic carbocycles. The first-order valence-electron chi connectivity index (χ1n) is 4.55. The maximum absolute atomic E-state index is 13.3. The van der Waals surface area contributed by atoms with Crippen molar-refractivity contribution >= 4 is 22.6 Å². The van der Waals surface area contributed by atoms with Crippen LogP contribution in [0.4, 0.5) is 4.39 Å². The lowest BCUT2D eigenvalue weighted by atomic mass is 10.1. The fourth-order valence-electron chi connectivity index (χ4n) is 1.36. The summed E-state index contributed by atoms with van der Waals surface area (Å²) < 4.78 is 16.1. The first-order chi connectivity index (χ1) is 7.69. The van der Waals surface area contributed by atoms with Crippen molar-refractivity contribution in [2.75, 3.05) is 0 Å². The minimum atomic E-state index is -0.484. The molecule has 0 atom stereocenters. The molecule has 0 saturated carbocycles. The lowest BCUT2D eigenvalue weighted by molar-refractivity contribution is 0.615. The van der Waals surface area contributed by atoms with Gasteiger partial charge in [0, 0.05) is 6.20 Å². The summed E-state index contributed by atoms with van der Waals surface area (Å²) in [6.07, 6.45) is 3.61. The van der Waals surface area contributed by atoms with Crippen LogP contribution in [0, 0.1) is 20.7 Å². The number of halogens is 2. The molecular weight excluding hydrogens is 320 g/mol. The van der Waals surface area contributed by atoms with E-state index in [0.717, 1.165) is 9.13 Å². The van der Waals surface area contributed by atoms with Gasteiger partial charge in [0.2, 0.25) is 0 Å². The quantitative estimate of drug-likeness (QED) is 0.796. The Balaban J connectivity index is 2.23. The Morgan fingerprint density at radius 3 is 2.88 bits per heavy atom. The number of hydrogen-bond acceptors (Lipinski definition) is 2. The molecule has 0 aliphatic rings.